The van der Waals surface area contributed by atoms with Crippen molar-refractivity contribution in [1.29, 1.82) is 0 Å². The van der Waals surface area contributed by atoms with Crippen molar-refractivity contribution in [3.63, 3.8) is 0 Å². The van der Waals surface area contributed by atoms with E-state index >= 15 is 0 Å². The van der Waals surface area contributed by atoms with Crippen LogP contribution in [-0.4, -0.2) is 19.9 Å². The maximum atomic E-state index is 4.90. The van der Waals surface area contributed by atoms with Crippen LogP contribution in [0.2, 0.25) is 0 Å². The predicted octanol–water partition coefficient (Wildman–Crippen LogP) is 13.6. The van der Waals surface area contributed by atoms with Crippen LogP contribution < -0.4 is 0 Å². The van der Waals surface area contributed by atoms with Gasteiger partial charge in [-0.05, 0) is 99.9 Å². The summed E-state index contributed by atoms with van der Waals surface area (Å²) in [4.78, 5) is 18.7. The molecule has 4 nitrogen and oxygen atoms in total. The molecule has 3 heterocycles. The van der Waals surface area contributed by atoms with Crippen LogP contribution in [0, 0.1) is 26.0 Å². The smallest absolute Gasteiger partial charge is 0.0970 e. The summed E-state index contributed by atoms with van der Waals surface area (Å²) in [7, 11) is 0. The molecule has 291 valence electrons. The SMILES string of the molecule is Cc1ccc(-c2cc(-c3ccccc3)cc(-c3ccc(-c4cc[c-]c(-c5cc(C(C)(C)C)ccn5)c4)c4nccnc34)c2)cc1.Cc1ccnc(-c2[c-]cccc2)c1.[Ir]. The van der Waals surface area contributed by atoms with Crippen LogP contribution in [0.5, 0.6) is 0 Å². The Labute approximate surface area is 361 Å². The minimum Gasteiger partial charge on any atom is -0.305 e. The third-order valence-electron chi connectivity index (χ3n) is 10.3. The summed E-state index contributed by atoms with van der Waals surface area (Å²) < 4.78 is 0. The molecule has 0 aliphatic carbocycles. The molecule has 0 fully saturated rings. The van der Waals surface area contributed by atoms with Crippen molar-refractivity contribution >= 4 is 11.0 Å². The van der Waals surface area contributed by atoms with E-state index in [-0.39, 0.29) is 25.5 Å². The van der Waals surface area contributed by atoms with Crippen molar-refractivity contribution in [3.05, 3.63) is 205 Å². The maximum Gasteiger partial charge on any atom is 0.0970 e. The Morgan fingerprint density at radius 2 is 1.00 bits per heavy atom. The van der Waals surface area contributed by atoms with Gasteiger partial charge in [0.1, 0.15) is 0 Å². The van der Waals surface area contributed by atoms with Gasteiger partial charge in [-0.25, -0.2) is 0 Å². The average molecular weight is 941 g/mol. The Hall–Kier alpha value is -6.39. The van der Waals surface area contributed by atoms with Crippen molar-refractivity contribution in [2.75, 3.05) is 0 Å². The van der Waals surface area contributed by atoms with Gasteiger partial charge < -0.3 is 9.97 Å². The first kappa shape index (κ1) is 40.8. The summed E-state index contributed by atoms with van der Waals surface area (Å²) in [5.41, 5.74) is 18.3. The van der Waals surface area contributed by atoms with Crippen molar-refractivity contribution in [2.24, 2.45) is 0 Å². The second kappa shape index (κ2) is 18.0. The number of rotatable bonds is 6. The summed E-state index contributed by atoms with van der Waals surface area (Å²) in [5.74, 6) is 0. The Kier molecular flexibility index (Phi) is 12.5. The topological polar surface area (TPSA) is 51.6 Å². The summed E-state index contributed by atoms with van der Waals surface area (Å²) >= 11 is 0. The molecule has 9 aromatic rings. The van der Waals surface area contributed by atoms with Crippen LogP contribution in [0.15, 0.2) is 176 Å². The summed E-state index contributed by atoms with van der Waals surface area (Å²) in [6.45, 7) is 10.8. The van der Waals surface area contributed by atoms with Gasteiger partial charge in [-0.1, -0.05) is 116 Å². The maximum absolute atomic E-state index is 4.90. The monoisotopic (exact) mass is 941 g/mol. The third kappa shape index (κ3) is 9.50. The summed E-state index contributed by atoms with van der Waals surface area (Å²) in [6, 6.07) is 59.4. The van der Waals surface area contributed by atoms with Gasteiger partial charge in [0, 0.05) is 50.5 Å². The molecule has 6 aromatic carbocycles. The molecule has 1 radical (unpaired) electrons. The number of fused-ring (bicyclic) bond motifs is 1. The van der Waals surface area contributed by atoms with E-state index in [1.165, 1.54) is 33.4 Å². The largest absolute Gasteiger partial charge is 0.305 e. The number of pyridine rings is 2. The quantitative estimate of drug-likeness (QED) is 0.156. The molecule has 0 atom stereocenters. The molecule has 0 saturated carbocycles. The van der Waals surface area contributed by atoms with Crippen molar-refractivity contribution in [3.8, 4) is 67.0 Å². The average Bonchev–Trinajstić information content (AvgIpc) is 3.27. The zero-order valence-corrected chi connectivity index (χ0v) is 36.3. The molecule has 0 N–H and O–H groups in total. The number of aromatic nitrogens is 4. The third-order valence-corrected chi connectivity index (χ3v) is 10.3. The van der Waals surface area contributed by atoms with Gasteiger partial charge in [-0.2, -0.15) is 0 Å². The van der Waals surface area contributed by atoms with Crippen LogP contribution in [0.3, 0.4) is 0 Å². The van der Waals surface area contributed by atoms with Crippen LogP contribution in [0.4, 0.5) is 0 Å². The Morgan fingerprint density at radius 1 is 0.407 bits per heavy atom. The fourth-order valence-electron chi connectivity index (χ4n) is 7.08. The normalized spacial score (nSPS) is 11.0. The minimum atomic E-state index is 0. The van der Waals surface area contributed by atoms with E-state index in [2.05, 4.69) is 172 Å². The first-order valence-corrected chi connectivity index (χ1v) is 19.6. The fourth-order valence-corrected chi connectivity index (χ4v) is 7.08. The van der Waals surface area contributed by atoms with Crippen LogP contribution >= 0.6 is 0 Å². The number of hydrogen-bond acceptors (Lipinski definition) is 4. The zero-order chi connectivity index (χ0) is 40.1. The van der Waals surface area contributed by atoms with Crippen molar-refractivity contribution in [1.82, 2.24) is 19.9 Å². The molecular formula is C54H44IrN4-2. The van der Waals surface area contributed by atoms with Crippen LogP contribution in [0.25, 0.3) is 78.1 Å². The number of aryl methyl sites for hydroxylation is 2. The van der Waals surface area contributed by atoms with Gasteiger partial charge in [-0.3, -0.25) is 9.97 Å². The molecular weight excluding hydrogens is 897 g/mol. The zero-order valence-electron chi connectivity index (χ0n) is 33.9. The van der Waals surface area contributed by atoms with E-state index < -0.39 is 0 Å². The number of hydrogen-bond donors (Lipinski definition) is 0. The second-order valence-electron chi connectivity index (χ2n) is 15.6. The molecule has 0 spiro atoms. The molecule has 59 heavy (non-hydrogen) atoms. The van der Waals surface area contributed by atoms with Crippen LogP contribution in [0.1, 0.15) is 37.5 Å². The predicted molar refractivity (Wildman–Crippen MR) is 240 cm³/mol. The van der Waals surface area contributed by atoms with Gasteiger partial charge in [-0.15, -0.1) is 65.7 Å². The van der Waals surface area contributed by atoms with Gasteiger partial charge >= 0.3 is 0 Å². The van der Waals surface area contributed by atoms with Crippen molar-refractivity contribution < 1.29 is 20.1 Å². The number of benzene rings is 6. The van der Waals surface area contributed by atoms with Gasteiger partial charge in [0.2, 0.25) is 0 Å². The van der Waals surface area contributed by atoms with Gasteiger partial charge in [0.25, 0.3) is 0 Å². The molecule has 9 rings (SSSR count). The first-order chi connectivity index (χ1) is 28.2. The molecule has 0 saturated heterocycles. The molecule has 0 unspecified atom stereocenters. The molecule has 0 aliphatic rings. The molecule has 5 heteroatoms. The van der Waals surface area contributed by atoms with E-state index in [0.29, 0.717) is 0 Å². The second-order valence-corrected chi connectivity index (χ2v) is 15.6. The fraction of sp³-hybridized carbons (Fsp3) is 0.111. The molecule has 0 amide bonds. The summed E-state index contributed by atoms with van der Waals surface area (Å²) in [6.07, 6.45) is 7.27. The number of nitrogens with zero attached hydrogens (tertiary/aromatic N) is 4. The van der Waals surface area contributed by atoms with E-state index in [4.69, 9.17) is 9.97 Å². The van der Waals surface area contributed by atoms with Crippen molar-refractivity contribution in [2.45, 2.75) is 40.0 Å². The molecule has 3 aromatic heterocycles. The standard InChI is InChI=1S/C42H34N3.C12H10N.Ir/c1-28-13-15-30(16-14-28)34-24-33(29-9-6-5-7-10-29)25-35(26-34)38-18-17-37(40-41(38)45-22-21-44-40)31-11-8-12-32(23-31)39-27-36(19-20-43-39)42(2,3)4;1-10-7-8-13-12(9-10)11-5-3-2-4-6-11;/h5-11,13-27H,1-4H3;2-5,7-9H,1H3;/q2*-1;. The Morgan fingerprint density at radius 3 is 1.64 bits per heavy atom. The molecule has 0 bridgehead atoms. The Bertz CT molecular complexity index is 2830. The minimum absolute atomic E-state index is 0. The molecule has 0 aliphatic heterocycles. The summed E-state index contributed by atoms with van der Waals surface area (Å²) in [5, 5.41) is 0. The first-order valence-electron chi connectivity index (χ1n) is 19.6. The van der Waals surface area contributed by atoms with Gasteiger partial charge in [0.05, 0.1) is 11.0 Å². The van der Waals surface area contributed by atoms with E-state index in [1.807, 2.05) is 48.8 Å². The van der Waals surface area contributed by atoms with E-state index in [0.717, 1.165) is 61.4 Å². The Balaban J connectivity index is 0.000000321. The van der Waals surface area contributed by atoms with Crippen LogP contribution in [-0.2, 0) is 25.5 Å². The van der Waals surface area contributed by atoms with E-state index in [9.17, 15) is 0 Å². The van der Waals surface area contributed by atoms with Gasteiger partial charge in [0.15, 0.2) is 0 Å². The van der Waals surface area contributed by atoms with E-state index in [1.54, 1.807) is 12.4 Å².